The van der Waals surface area contributed by atoms with Crippen LogP contribution in [0.25, 0.3) is 0 Å². The first-order chi connectivity index (χ1) is 10.4. The Labute approximate surface area is 137 Å². The molecular weight excluding hydrogens is 344 g/mol. The van der Waals surface area contributed by atoms with E-state index in [1.54, 1.807) is 18.4 Å². The van der Waals surface area contributed by atoms with E-state index in [2.05, 4.69) is 4.74 Å². The molecule has 118 valence electrons. The van der Waals surface area contributed by atoms with Crippen LogP contribution in [0.3, 0.4) is 0 Å². The predicted octanol–water partition coefficient (Wildman–Crippen LogP) is 3.10. The van der Waals surface area contributed by atoms with Gasteiger partial charge in [-0.25, -0.2) is 13.2 Å². The number of benzene rings is 1. The third-order valence-electron chi connectivity index (χ3n) is 2.88. The molecule has 2 aromatic rings. The molecule has 0 radical (unpaired) electrons. The number of carbonyl (C=O) groups excluding carboxylic acids is 1. The molecule has 1 aromatic heterocycles. The van der Waals surface area contributed by atoms with Crippen LogP contribution in [-0.2, 0) is 14.6 Å². The highest BCUT2D eigenvalue weighted by molar-refractivity contribution is 8.01. The van der Waals surface area contributed by atoms with E-state index in [0.29, 0.717) is 9.96 Å². The second kappa shape index (κ2) is 6.72. The summed E-state index contributed by atoms with van der Waals surface area (Å²) in [6.07, 6.45) is 1.76. The van der Waals surface area contributed by atoms with E-state index in [9.17, 15) is 13.2 Å². The quantitative estimate of drug-likeness (QED) is 0.604. The predicted molar refractivity (Wildman–Crippen MR) is 85.9 cm³/mol. The van der Waals surface area contributed by atoms with E-state index in [0.717, 1.165) is 11.3 Å². The number of carbonyl (C=O) groups is 1. The summed E-state index contributed by atoms with van der Waals surface area (Å²) in [7, 11) is -1.00. The minimum atomic E-state index is -3.73. The smallest absolute Gasteiger partial charge is 0.348 e. The summed E-state index contributed by atoms with van der Waals surface area (Å²) in [6, 6.07) is 7.59. The molecule has 22 heavy (non-hydrogen) atoms. The highest BCUT2D eigenvalue weighted by Gasteiger charge is 2.26. The largest absolute Gasteiger partial charge is 0.497 e. The lowest BCUT2D eigenvalue weighted by atomic mass is 10.3. The van der Waals surface area contributed by atoms with Crippen molar-refractivity contribution >= 4 is 38.9 Å². The van der Waals surface area contributed by atoms with Gasteiger partial charge in [0.15, 0.2) is 0 Å². The number of sulfone groups is 1. The average molecular weight is 358 g/mol. The van der Waals surface area contributed by atoms with Crippen LogP contribution in [0.5, 0.6) is 5.75 Å². The Hall–Kier alpha value is -1.51. The fourth-order valence-corrected chi connectivity index (χ4v) is 5.73. The number of esters is 1. The van der Waals surface area contributed by atoms with Gasteiger partial charge in [0.1, 0.15) is 10.6 Å². The molecule has 5 nitrogen and oxygen atoms in total. The lowest BCUT2D eigenvalue weighted by Crippen LogP contribution is -2.03. The second-order valence-electron chi connectivity index (χ2n) is 4.14. The zero-order valence-corrected chi connectivity index (χ0v) is 14.6. The molecule has 0 spiro atoms. The molecule has 1 aromatic carbocycles. The van der Waals surface area contributed by atoms with Gasteiger partial charge in [0.25, 0.3) is 0 Å². The summed E-state index contributed by atoms with van der Waals surface area (Å²) in [5.41, 5.74) is 0. The van der Waals surface area contributed by atoms with Crippen molar-refractivity contribution < 1.29 is 22.7 Å². The van der Waals surface area contributed by atoms with Crippen LogP contribution in [0.4, 0.5) is 0 Å². The molecule has 1 heterocycles. The Morgan fingerprint density at radius 2 is 1.95 bits per heavy atom. The van der Waals surface area contributed by atoms with E-state index in [1.807, 2.05) is 0 Å². The SMILES string of the molecule is COC(=O)c1cc(S(=O)(=O)c2cccc(OC)c2)c(SC)s1. The topological polar surface area (TPSA) is 69.7 Å². The fraction of sp³-hybridized carbons (Fsp3) is 0.214. The van der Waals surface area contributed by atoms with Crippen molar-refractivity contribution in [3.05, 3.63) is 35.2 Å². The number of hydrogen-bond donors (Lipinski definition) is 0. The van der Waals surface area contributed by atoms with Crippen molar-refractivity contribution in [2.24, 2.45) is 0 Å². The monoisotopic (exact) mass is 358 g/mol. The molecule has 0 aliphatic rings. The molecule has 0 saturated heterocycles. The molecule has 0 bridgehead atoms. The summed E-state index contributed by atoms with van der Waals surface area (Å²) in [5, 5.41) is 0. The maximum Gasteiger partial charge on any atom is 0.348 e. The van der Waals surface area contributed by atoms with E-state index >= 15 is 0 Å². The van der Waals surface area contributed by atoms with Crippen LogP contribution in [0.2, 0.25) is 0 Å². The van der Waals surface area contributed by atoms with Crippen molar-refractivity contribution in [1.29, 1.82) is 0 Å². The Kier molecular flexibility index (Phi) is 5.15. The van der Waals surface area contributed by atoms with Crippen molar-refractivity contribution in [2.75, 3.05) is 20.5 Å². The molecule has 2 rings (SSSR count). The molecule has 0 aliphatic carbocycles. The van der Waals surface area contributed by atoms with Gasteiger partial charge in [-0.05, 0) is 30.5 Å². The van der Waals surface area contributed by atoms with Crippen molar-refractivity contribution in [2.45, 2.75) is 14.0 Å². The first kappa shape index (κ1) is 16.9. The molecule has 0 aliphatic heterocycles. The average Bonchev–Trinajstić information content (AvgIpc) is 2.99. The molecule has 0 N–H and O–H groups in total. The normalized spacial score (nSPS) is 11.2. The lowest BCUT2D eigenvalue weighted by Gasteiger charge is -2.06. The van der Waals surface area contributed by atoms with Crippen molar-refractivity contribution in [3.63, 3.8) is 0 Å². The fourth-order valence-electron chi connectivity index (χ4n) is 1.78. The summed E-state index contributed by atoms with van der Waals surface area (Å²) in [4.78, 5) is 12.1. The van der Waals surface area contributed by atoms with Gasteiger partial charge < -0.3 is 9.47 Å². The first-order valence-corrected chi connectivity index (χ1v) is 9.61. The lowest BCUT2D eigenvalue weighted by molar-refractivity contribution is 0.0606. The van der Waals surface area contributed by atoms with Crippen LogP contribution in [0, 0.1) is 0 Å². The molecule has 0 unspecified atom stereocenters. The van der Waals surface area contributed by atoms with E-state index in [1.165, 1.54) is 44.2 Å². The first-order valence-electron chi connectivity index (χ1n) is 6.09. The highest BCUT2D eigenvalue weighted by Crippen LogP contribution is 2.37. The molecule has 8 heteroatoms. The molecule has 0 amide bonds. The highest BCUT2D eigenvalue weighted by atomic mass is 32.2. The van der Waals surface area contributed by atoms with Gasteiger partial charge in [-0.1, -0.05) is 6.07 Å². The molecule has 0 saturated carbocycles. The van der Waals surface area contributed by atoms with Crippen LogP contribution < -0.4 is 4.74 Å². The molecule has 0 fully saturated rings. The van der Waals surface area contributed by atoms with Gasteiger partial charge in [0, 0.05) is 0 Å². The van der Waals surface area contributed by atoms with Gasteiger partial charge in [0.2, 0.25) is 9.84 Å². The van der Waals surface area contributed by atoms with Gasteiger partial charge in [-0.15, -0.1) is 23.1 Å². The number of thioether (sulfide) groups is 1. The van der Waals surface area contributed by atoms with Crippen LogP contribution in [0.15, 0.2) is 44.3 Å². The minimum Gasteiger partial charge on any atom is -0.497 e. The third-order valence-corrected chi connectivity index (χ3v) is 7.16. The van der Waals surface area contributed by atoms with Gasteiger partial charge in [0.05, 0.1) is 28.2 Å². The Bertz CT molecular complexity index is 793. The molecular formula is C14H14O5S3. The van der Waals surface area contributed by atoms with E-state index < -0.39 is 15.8 Å². The minimum absolute atomic E-state index is 0.110. The summed E-state index contributed by atoms with van der Waals surface area (Å²) in [6.45, 7) is 0. The number of rotatable bonds is 5. The standard InChI is InChI=1S/C14H14O5S3/c1-18-9-5-4-6-10(7-9)22(16,17)12-8-11(13(15)19-2)21-14(12)20-3/h4-8H,1-3H3. The maximum absolute atomic E-state index is 12.8. The van der Waals surface area contributed by atoms with Crippen molar-refractivity contribution in [3.8, 4) is 5.75 Å². The zero-order valence-electron chi connectivity index (χ0n) is 12.2. The number of thiophene rings is 1. The van der Waals surface area contributed by atoms with Crippen LogP contribution >= 0.6 is 23.1 Å². The van der Waals surface area contributed by atoms with Crippen molar-refractivity contribution in [1.82, 2.24) is 0 Å². The summed E-state index contributed by atoms with van der Waals surface area (Å²) >= 11 is 2.38. The summed E-state index contributed by atoms with van der Waals surface area (Å²) < 4.78 is 35.8. The van der Waals surface area contributed by atoms with Gasteiger partial charge in [-0.3, -0.25) is 0 Å². The van der Waals surface area contributed by atoms with Crippen LogP contribution in [-0.4, -0.2) is 34.9 Å². The Morgan fingerprint density at radius 3 is 2.55 bits per heavy atom. The van der Waals surface area contributed by atoms with Gasteiger partial charge >= 0.3 is 5.97 Å². The van der Waals surface area contributed by atoms with Crippen LogP contribution in [0.1, 0.15) is 9.67 Å². The molecule has 0 atom stereocenters. The van der Waals surface area contributed by atoms with E-state index in [-0.39, 0.29) is 14.7 Å². The van der Waals surface area contributed by atoms with Gasteiger partial charge in [-0.2, -0.15) is 0 Å². The second-order valence-corrected chi connectivity index (χ2v) is 8.19. The summed E-state index contributed by atoms with van der Waals surface area (Å²) in [5.74, 6) is -0.0948. The Morgan fingerprint density at radius 1 is 1.23 bits per heavy atom. The third kappa shape index (κ3) is 3.13. The Balaban J connectivity index is 2.57. The number of ether oxygens (including phenoxy) is 2. The van der Waals surface area contributed by atoms with E-state index in [4.69, 9.17) is 4.74 Å². The number of hydrogen-bond acceptors (Lipinski definition) is 7. The zero-order chi connectivity index (χ0) is 16.3. The maximum atomic E-state index is 12.8. The number of methoxy groups -OCH3 is 2.